The molecule has 0 aliphatic carbocycles. The van der Waals surface area contributed by atoms with Crippen LogP contribution < -0.4 is 9.47 Å². The van der Waals surface area contributed by atoms with Crippen molar-refractivity contribution in [1.29, 1.82) is 0 Å². The topological polar surface area (TPSA) is 99.2 Å². The molecule has 0 spiro atoms. The van der Waals surface area contributed by atoms with Gasteiger partial charge in [0, 0.05) is 13.1 Å². The summed E-state index contributed by atoms with van der Waals surface area (Å²) in [7, 11) is -1.58. The van der Waals surface area contributed by atoms with Crippen LogP contribution in [-0.2, 0) is 24.2 Å². The molecule has 8 nitrogen and oxygen atoms in total. The molecule has 3 rings (SSSR count). The van der Waals surface area contributed by atoms with E-state index in [0.717, 1.165) is 0 Å². The molecule has 2 aliphatic rings. The Hall–Kier alpha value is -2.29. The number of rotatable bonds is 4. The van der Waals surface area contributed by atoms with Gasteiger partial charge in [0.05, 0.1) is 11.5 Å². The lowest BCUT2D eigenvalue weighted by atomic mass is 10.2. The second-order valence-electron chi connectivity index (χ2n) is 6.03. The van der Waals surface area contributed by atoms with Crippen LogP contribution in [-0.4, -0.2) is 69.1 Å². The number of carbonyl (C=O) groups excluding carboxylic acids is 2. The lowest BCUT2D eigenvalue weighted by Crippen LogP contribution is -2.42. The molecule has 25 heavy (non-hydrogen) atoms. The Morgan fingerprint density at radius 2 is 2.00 bits per heavy atom. The molecule has 0 aromatic heterocycles. The van der Waals surface area contributed by atoms with Crippen molar-refractivity contribution in [2.45, 2.75) is 18.6 Å². The molecule has 2 atom stereocenters. The van der Waals surface area contributed by atoms with Gasteiger partial charge in [-0.15, -0.1) is 0 Å². The van der Waals surface area contributed by atoms with E-state index in [9.17, 15) is 18.0 Å². The van der Waals surface area contributed by atoms with Crippen molar-refractivity contribution in [2.24, 2.45) is 0 Å². The van der Waals surface area contributed by atoms with Gasteiger partial charge in [-0.3, -0.25) is 4.79 Å². The molecule has 0 N–H and O–H groups in total. The fraction of sp³-hybridized carbons (Fsp3) is 0.500. The van der Waals surface area contributed by atoms with Gasteiger partial charge in [-0.25, -0.2) is 13.2 Å². The number of para-hydroxylation sites is 2. The molecular formula is C16H19NO7S. The first-order chi connectivity index (χ1) is 11.9. The molecule has 1 saturated heterocycles. The third kappa shape index (κ3) is 4.04. The monoisotopic (exact) mass is 369 g/mol. The van der Waals surface area contributed by atoms with Gasteiger partial charge < -0.3 is 19.1 Å². The number of esters is 1. The molecule has 2 aliphatic heterocycles. The van der Waals surface area contributed by atoms with Gasteiger partial charge in [-0.1, -0.05) is 12.1 Å². The average molecular weight is 369 g/mol. The maximum Gasteiger partial charge on any atom is 0.351 e. The van der Waals surface area contributed by atoms with Gasteiger partial charge in [0.2, 0.25) is 6.10 Å². The van der Waals surface area contributed by atoms with Crippen molar-refractivity contribution >= 4 is 21.7 Å². The first kappa shape index (κ1) is 17.5. The van der Waals surface area contributed by atoms with Gasteiger partial charge in [0.25, 0.3) is 5.91 Å². The molecule has 0 saturated carbocycles. The molecule has 2 heterocycles. The Balaban J connectivity index is 1.50. The fourth-order valence-corrected chi connectivity index (χ4v) is 4.52. The second-order valence-corrected chi connectivity index (χ2v) is 8.26. The number of carbonyl (C=O) groups is 2. The lowest BCUT2D eigenvalue weighted by Gasteiger charge is -2.26. The van der Waals surface area contributed by atoms with Crippen LogP contribution >= 0.6 is 0 Å². The number of nitrogens with zero attached hydrogens (tertiary/aromatic N) is 1. The van der Waals surface area contributed by atoms with Gasteiger partial charge in [-0.2, -0.15) is 0 Å². The van der Waals surface area contributed by atoms with Crippen molar-refractivity contribution in [3.05, 3.63) is 24.3 Å². The lowest BCUT2D eigenvalue weighted by molar-refractivity contribution is -0.160. The van der Waals surface area contributed by atoms with Crippen molar-refractivity contribution < 1.29 is 32.2 Å². The smallest absolute Gasteiger partial charge is 0.351 e. The van der Waals surface area contributed by atoms with Gasteiger partial charge >= 0.3 is 5.97 Å². The van der Waals surface area contributed by atoms with Crippen LogP contribution in [0, 0.1) is 0 Å². The summed E-state index contributed by atoms with van der Waals surface area (Å²) in [6.45, 7) is -0.464. The van der Waals surface area contributed by atoms with Crippen LogP contribution in [0.1, 0.15) is 6.42 Å². The zero-order chi connectivity index (χ0) is 18.0. The normalized spacial score (nSPS) is 23.7. The van der Waals surface area contributed by atoms with Gasteiger partial charge in [0.1, 0.15) is 6.61 Å². The average Bonchev–Trinajstić information content (AvgIpc) is 2.98. The van der Waals surface area contributed by atoms with Crippen LogP contribution in [0.4, 0.5) is 0 Å². The number of hydrogen-bond acceptors (Lipinski definition) is 7. The van der Waals surface area contributed by atoms with E-state index in [1.165, 1.54) is 11.9 Å². The molecule has 1 aromatic rings. The Kier molecular flexibility index (Phi) is 4.85. The summed E-state index contributed by atoms with van der Waals surface area (Å²) >= 11 is 0. The highest BCUT2D eigenvalue weighted by Gasteiger charge is 2.34. The predicted octanol–water partition coefficient (Wildman–Crippen LogP) is 0.0151. The van der Waals surface area contributed by atoms with Crippen LogP contribution in [0.2, 0.25) is 0 Å². The van der Waals surface area contributed by atoms with E-state index in [4.69, 9.17) is 14.2 Å². The number of benzene rings is 1. The molecule has 1 amide bonds. The largest absolute Gasteiger partial charge is 0.485 e. The van der Waals surface area contributed by atoms with E-state index in [0.29, 0.717) is 17.9 Å². The zero-order valence-corrected chi connectivity index (χ0v) is 14.5. The number of sulfone groups is 1. The summed E-state index contributed by atoms with van der Waals surface area (Å²) in [5.74, 6) is -0.149. The Labute approximate surface area is 145 Å². The second kappa shape index (κ2) is 6.91. The summed E-state index contributed by atoms with van der Waals surface area (Å²) in [6.07, 6.45) is -0.547. The highest BCUT2D eigenvalue weighted by molar-refractivity contribution is 7.91. The molecule has 136 valence electrons. The number of likely N-dealkylation sites (N-methyl/N-ethyl adjacent to an activating group) is 1. The van der Waals surface area contributed by atoms with E-state index in [1.54, 1.807) is 24.3 Å². The molecule has 0 bridgehead atoms. The Morgan fingerprint density at radius 3 is 2.68 bits per heavy atom. The number of fused-ring (bicyclic) bond motifs is 1. The summed E-state index contributed by atoms with van der Waals surface area (Å²) in [4.78, 5) is 25.5. The highest BCUT2D eigenvalue weighted by atomic mass is 32.2. The minimum absolute atomic E-state index is 0.000739. The van der Waals surface area contributed by atoms with Crippen LogP contribution in [0.15, 0.2) is 24.3 Å². The van der Waals surface area contributed by atoms with Crippen LogP contribution in [0.5, 0.6) is 11.5 Å². The summed E-state index contributed by atoms with van der Waals surface area (Å²) in [5, 5.41) is 0. The van der Waals surface area contributed by atoms with E-state index in [2.05, 4.69) is 0 Å². The van der Waals surface area contributed by atoms with E-state index in [-0.39, 0.29) is 24.2 Å². The molecule has 0 radical (unpaired) electrons. The minimum atomic E-state index is -3.09. The SMILES string of the molecule is CN(C(=O)COC(=O)C1COc2ccccc2O1)C1CCS(=O)(=O)C1. The maximum absolute atomic E-state index is 12.1. The Morgan fingerprint density at radius 1 is 1.28 bits per heavy atom. The number of hydrogen-bond donors (Lipinski definition) is 0. The zero-order valence-electron chi connectivity index (χ0n) is 13.7. The van der Waals surface area contributed by atoms with Gasteiger partial charge in [-0.05, 0) is 18.6 Å². The third-order valence-electron chi connectivity index (χ3n) is 4.26. The van der Waals surface area contributed by atoms with Crippen molar-refractivity contribution in [2.75, 3.05) is 31.8 Å². The predicted molar refractivity (Wildman–Crippen MR) is 87.1 cm³/mol. The van der Waals surface area contributed by atoms with E-state index in [1.807, 2.05) is 0 Å². The van der Waals surface area contributed by atoms with Crippen LogP contribution in [0.3, 0.4) is 0 Å². The highest BCUT2D eigenvalue weighted by Crippen LogP contribution is 2.31. The number of ether oxygens (including phenoxy) is 3. The maximum atomic E-state index is 12.1. The first-order valence-corrected chi connectivity index (χ1v) is 9.69. The molecule has 1 aromatic carbocycles. The van der Waals surface area contributed by atoms with E-state index >= 15 is 0 Å². The molecule has 9 heteroatoms. The molecule has 1 fully saturated rings. The quantitative estimate of drug-likeness (QED) is 0.690. The standard InChI is InChI=1S/C16H19NO7S/c1-17(11-6-7-25(20,21)10-11)15(18)9-23-16(19)14-8-22-12-4-2-3-5-13(12)24-14/h2-5,11,14H,6-10H2,1H3. The van der Waals surface area contributed by atoms with Crippen molar-refractivity contribution in [3.63, 3.8) is 0 Å². The summed E-state index contributed by atoms with van der Waals surface area (Å²) in [5.41, 5.74) is 0. The molecule has 2 unspecified atom stereocenters. The molecular weight excluding hydrogens is 350 g/mol. The fourth-order valence-electron chi connectivity index (χ4n) is 2.75. The van der Waals surface area contributed by atoms with Crippen molar-refractivity contribution in [1.82, 2.24) is 4.90 Å². The summed E-state index contributed by atoms with van der Waals surface area (Å²) in [6, 6.07) is 6.57. The minimum Gasteiger partial charge on any atom is -0.485 e. The Bertz CT molecular complexity index is 776. The first-order valence-electron chi connectivity index (χ1n) is 7.87. The van der Waals surface area contributed by atoms with Crippen LogP contribution in [0.25, 0.3) is 0 Å². The van der Waals surface area contributed by atoms with Crippen molar-refractivity contribution in [3.8, 4) is 11.5 Å². The van der Waals surface area contributed by atoms with Gasteiger partial charge in [0.15, 0.2) is 27.9 Å². The summed E-state index contributed by atoms with van der Waals surface area (Å²) < 4.78 is 38.9. The van der Waals surface area contributed by atoms with E-state index < -0.39 is 34.4 Å². The number of amides is 1. The third-order valence-corrected chi connectivity index (χ3v) is 6.01.